The predicted molar refractivity (Wildman–Crippen MR) is 100 cm³/mol. The maximum atomic E-state index is 11.7. The van der Waals surface area contributed by atoms with Crippen LogP contribution in [-0.4, -0.2) is 95.8 Å². The van der Waals surface area contributed by atoms with Crippen LogP contribution in [0.5, 0.6) is 0 Å². The molecule has 5 saturated heterocycles. The Morgan fingerprint density at radius 1 is 0.839 bits per heavy atom. The highest BCUT2D eigenvalue weighted by atomic mass is 16.8. The molecular formula is C20H32O11. The van der Waals surface area contributed by atoms with Gasteiger partial charge in [0.25, 0.3) is 0 Å². The molecule has 5 rings (SSSR count). The van der Waals surface area contributed by atoms with Gasteiger partial charge in [0.2, 0.25) is 0 Å². The van der Waals surface area contributed by atoms with Gasteiger partial charge in [0, 0.05) is 0 Å². The average Bonchev–Trinajstić information content (AvgIpc) is 3.39. The number of carbonyl (C=O) groups is 1. The van der Waals surface area contributed by atoms with Gasteiger partial charge < -0.3 is 48.1 Å². The Kier molecular flexibility index (Phi) is 5.90. The number of fused-ring (bicyclic) bond motifs is 2. The lowest BCUT2D eigenvalue weighted by molar-refractivity contribution is -0.223. The van der Waals surface area contributed by atoms with E-state index < -0.39 is 54.2 Å². The predicted octanol–water partition coefficient (Wildman–Crippen LogP) is -0.201. The van der Waals surface area contributed by atoms with Crippen molar-refractivity contribution in [3.63, 3.8) is 0 Å². The Morgan fingerprint density at radius 2 is 1.45 bits per heavy atom. The highest BCUT2D eigenvalue weighted by Gasteiger charge is 2.59. The fourth-order valence-electron chi connectivity index (χ4n) is 4.45. The third kappa shape index (κ3) is 4.61. The van der Waals surface area contributed by atoms with Gasteiger partial charge in [0.15, 0.2) is 35.9 Å². The van der Waals surface area contributed by atoms with Crippen LogP contribution < -0.4 is 0 Å². The largest absolute Gasteiger partial charge is 0.455 e. The summed E-state index contributed by atoms with van der Waals surface area (Å²) >= 11 is 0. The number of rotatable bonds is 2. The molecule has 0 spiro atoms. The van der Waals surface area contributed by atoms with E-state index >= 15 is 0 Å². The van der Waals surface area contributed by atoms with Gasteiger partial charge in [-0.2, -0.15) is 0 Å². The van der Waals surface area contributed by atoms with Crippen LogP contribution in [0, 0.1) is 0 Å². The molecule has 11 nitrogen and oxygen atoms in total. The molecule has 5 heterocycles. The molecule has 0 aromatic carbocycles. The molecule has 0 amide bonds. The molecule has 0 aromatic heterocycles. The van der Waals surface area contributed by atoms with Crippen LogP contribution in [0.25, 0.3) is 0 Å². The first-order chi connectivity index (χ1) is 14.3. The van der Waals surface area contributed by atoms with Gasteiger partial charge in [-0.05, 0) is 41.5 Å². The minimum absolute atomic E-state index is 0.169. The molecule has 0 aliphatic carbocycles. The summed E-state index contributed by atoms with van der Waals surface area (Å²) in [6, 6.07) is 0. The molecule has 5 fully saturated rings. The summed E-state index contributed by atoms with van der Waals surface area (Å²) in [4.78, 5) is 11.7. The number of hydrogen-bond acceptors (Lipinski definition) is 11. The topological polar surface area (TPSA) is 131 Å². The van der Waals surface area contributed by atoms with Crippen LogP contribution >= 0.6 is 0 Å². The average molecular weight is 448 g/mol. The van der Waals surface area contributed by atoms with Crippen molar-refractivity contribution >= 4 is 5.97 Å². The van der Waals surface area contributed by atoms with Crippen molar-refractivity contribution in [2.75, 3.05) is 13.2 Å². The zero-order chi connectivity index (χ0) is 22.8. The molecular weight excluding hydrogens is 416 g/mol. The Bertz CT molecular complexity index is 693. The van der Waals surface area contributed by atoms with E-state index in [-0.39, 0.29) is 24.8 Å². The van der Waals surface area contributed by atoms with Crippen LogP contribution in [0.4, 0.5) is 0 Å². The van der Waals surface area contributed by atoms with Gasteiger partial charge in [0.1, 0.15) is 30.5 Å². The summed E-state index contributed by atoms with van der Waals surface area (Å²) in [7, 11) is 0. The summed E-state index contributed by atoms with van der Waals surface area (Å²) in [5.74, 6) is -2.50. The molecule has 178 valence electrons. The quantitative estimate of drug-likeness (QED) is 0.544. The first kappa shape index (κ1) is 23.3. The smallest absolute Gasteiger partial charge is 0.338 e. The molecule has 5 aliphatic heterocycles. The van der Waals surface area contributed by atoms with E-state index in [1.807, 2.05) is 13.8 Å². The van der Waals surface area contributed by atoms with Crippen molar-refractivity contribution in [1.82, 2.24) is 0 Å². The number of aliphatic hydroxyl groups is 2. The lowest BCUT2D eigenvalue weighted by Gasteiger charge is -2.25. The molecule has 0 saturated carbocycles. The summed E-state index contributed by atoms with van der Waals surface area (Å²) in [6.07, 6.45) is -4.18. The van der Waals surface area contributed by atoms with Crippen molar-refractivity contribution in [1.29, 1.82) is 0 Å². The second-order valence-corrected chi connectivity index (χ2v) is 9.60. The first-order valence-corrected chi connectivity index (χ1v) is 10.5. The number of aliphatic hydroxyl groups excluding tert-OH is 2. The van der Waals surface area contributed by atoms with E-state index in [1.54, 1.807) is 27.7 Å². The number of esters is 1. The second kappa shape index (κ2) is 7.86. The third-order valence-corrected chi connectivity index (χ3v) is 5.64. The van der Waals surface area contributed by atoms with Crippen LogP contribution in [0.3, 0.4) is 0 Å². The fraction of sp³-hybridized carbons (Fsp3) is 0.950. The van der Waals surface area contributed by atoms with Crippen LogP contribution in [0.15, 0.2) is 0 Å². The van der Waals surface area contributed by atoms with Gasteiger partial charge in [-0.25, -0.2) is 4.79 Å². The van der Waals surface area contributed by atoms with Gasteiger partial charge >= 0.3 is 5.97 Å². The van der Waals surface area contributed by atoms with Gasteiger partial charge in [-0.1, -0.05) is 0 Å². The number of carbonyl (C=O) groups excluding carboxylic acids is 1. The van der Waals surface area contributed by atoms with Gasteiger partial charge in [-0.3, -0.25) is 0 Å². The zero-order valence-electron chi connectivity index (χ0n) is 18.6. The normalized spacial score (nSPS) is 46.3. The first-order valence-electron chi connectivity index (χ1n) is 10.5. The highest BCUT2D eigenvalue weighted by Crippen LogP contribution is 2.40. The highest BCUT2D eigenvalue weighted by molar-refractivity contribution is 5.78. The monoisotopic (exact) mass is 448 g/mol. The second-order valence-electron chi connectivity index (χ2n) is 9.60. The SMILES string of the molecule is CC1(C)OC2C(O)O[C@@H](CO)C2O1.CC1(C)OCC([C@@H]2OC(=O)C3OC(C)(C)OC32)O1. The number of hydrogen-bond donors (Lipinski definition) is 2. The lowest BCUT2D eigenvalue weighted by Crippen LogP contribution is -2.40. The molecule has 6 unspecified atom stereocenters. The Balaban J connectivity index is 0.000000158. The molecule has 31 heavy (non-hydrogen) atoms. The molecule has 0 aromatic rings. The fourth-order valence-corrected chi connectivity index (χ4v) is 4.45. The van der Waals surface area contributed by atoms with Crippen LogP contribution in [0.1, 0.15) is 41.5 Å². The van der Waals surface area contributed by atoms with E-state index in [0.717, 1.165) is 0 Å². The molecule has 0 radical (unpaired) electrons. The Labute approximate surface area is 180 Å². The van der Waals surface area contributed by atoms with Crippen molar-refractivity contribution in [2.45, 2.75) is 108 Å². The molecule has 8 atom stereocenters. The van der Waals surface area contributed by atoms with E-state index in [9.17, 15) is 9.90 Å². The Hall–Kier alpha value is -0.890. The minimum Gasteiger partial charge on any atom is -0.455 e. The third-order valence-electron chi connectivity index (χ3n) is 5.64. The van der Waals surface area contributed by atoms with E-state index in [4.69, 9.17) is 43.0 Å². The van der Waals surface area contributed by atoms with E-state index in [0.29, 0.717) is 6.61 Å². The maximum absolute atomic E-state index is 11.7. The van der Waals surface area contributed by atoms with Crippen molar-refractivity contribution < 1.29 is 52.9 Å². The van der Waals surface area contributed by atoms with Crippen molar-refractivity contribution in [3.05, 3.63) is 0 Å². The number of cyclic esters (lactones) is 1. The zero-order valence-corrected chi connectivity index (χ0v) is 18.6. The summed E-state index contributed by atoms with van der Waals surface area (Å²) in [6.45, 7) is 11.0. The van der Waals surface area contributed by atoms with Gasteiger partial charge in [-0.15, -0.1) is 0 Å². The lowest BCUT2D eigenvalue weighted by atomic mass is 10.1. The van der Waals surface area contributed by atoms with Crippen molar-refractivity contribution in [3.8, 4) is 0 Å². The van der Waals surface area contributed by atoms with E-state index in [2.05, 4.69) is 0 Å². The summed E-state index contributed by atoms with van der Waals surface area (Å²) in [5, 5.41) is 18.3. The molecule has 5 aliphatic rings. The standard InChI is InChI=1S/C12H18O6.C8H14O5/c1-11(2)14-5-6(16-11)7-8-9(10(13)15-7)18-12(3,4)17-8;1-8(2)12-5-4(3-9)11-7(10)6(5)13-8/h6-9H,5H2,1-4H3;4-7,9-10H,3H2,1-2H3/t6?,7-,8?,9?;4-,5?,6?,7?/m00/s1. The molecule has 0 bridgehead atoms. The van der Waals surface area contributed by atoms with E-state index in [1.165, 1.54) is 0 Å². The minimum atomic E-state index is -0.996. The Morgan fingerprint density at radius 3 is 2.06 bits per heavy atom. The van der Waals surface area contributed by atoms with Crippen LogP contribution in [-0.2, 0) is 42.7 Å². The van der Waals surface area contributed by atoms with Gasteiger partial charge in [0.05, 0.1) is 13.2 Å². The van der Waals surface area contributed by atoms with Crippen molar-refractivity contribution in [2.24, 2.45) is 0 Å². The number of ether oxygens (including phenoxy) is 8. The van der Waals surface area contributed by atoms with Crippen LogP contribution in [0.2, 0.25) is 0 Å². The molecule has 2 N–H and O–H groups in total. The summed E-state index contributed by atoms with van der Waals surface area (Å²) < 4.78 is 43.7. The summed E-state index contributed by atoms with van der Waals surface area (Å²) in [5.41, 5.74) is 0. The maximum Gasteiger partial charge on any atom is 0.338 e. The molecule has 11 heteroatoms.